The Morgan fingerprint density at radius 2 is 1.94 bits per heavy atom. The van der Waals surface area contributed by atoms with Gasteiger partial charge in [0, 0.05) is 24.3 Å². The maximum absolute atomic E-state index is 13.3. The minimum absolute atomic E-state index is 0.139. The Hall–Kier alpha value is -1.13. The maximum atomic E-state index is 13.3. The molecule has 1 aromatic carbocycles. The Balaban J connectivity index is 2.32. The summed E-state index contributed by atoms with van der Waals surface area (Å²) in [7, 11) is 0. The molecule has 0 aromatic heterocycles. The van der Waals surface area contributed by atoms with Crippen molar-refractivity contribution in [1.82, 2.24) is 0 Å². The minimum atomic E-state index is -0.677. The SMILES string of the molecule is CC1CN(c2ccc(F)cc2[C@@H](C)O)CC(C)O1. The first-order valence-electron chi connectivity index (χ1n) is 6.35. The van der Waals surface area contributed by atoms with E-state index < -0.39 is 6.10 Å². The van der Waals surface area contributed by atoms with Gasteiger partial charge < -0.3 is 14.7 Å². The molecule has 0 aliphatic carbocycles. The summed E-state index contributed by atoms with van der Waals surface area (Å²) in [5.74, 6) is -0.316. The van der Waals surface area contributed by atoms with Gasteiger partial charge in [-0.15, -0.1) is 0 Å². The molecule has 100 valence electrons. The smallest absolute Gasteiger partial charge is 0.123 e. The summed E-state index contributed by atoms with van der Waals surface area (Å²) < 4.78 is 19.0. The van der Waals surface area contributed by atoms with Crippen LogP contribution in [0, 0.1) is 5.82 Å². The van der Waals surface area contributed by atoms with Crippen LogP contribution in [0.4, 0.5) is 10.1 Å². The Kier molecular flexibility index (Phi) is 3.88. The van der Waals surface area contributed by atoms with Gasteiger partial charge in [0.25, 0.3) is 0 Å². The highest BCUT2D eigenvalue weighted by Gasteiger charge is 2.24. The number of aliphatic hydroxyl groups excluding tert-OH is 1. The first kappa shape index (κ1) is 13.3. The van der Waals surface area contributed by atoms with E-state index in [4.69, 9.17) is 4.74 Å². The topological polar surface area (TPSA) is 32.7 Å². The van der Waals surface area contributed by atoms with Crippen LogP contribution >= 0.6 is 0 Å². The molecule has 18 heavy (non-hydrogen) atoms. The van der Waals surface area contributed by atoms with Gasteiger partial charge in [0.1, 0.15) is 5.82 Å². The highest BCUT2D eigenvalue weighted by molar-refractivity contribution is 5.55. The summed E-state index contributed by atoms with van der Waals surface area (Å²) in [5.41, 5.74) is 1.53. The van der Waals surface area contributed by atoms with Crippen molar-refractivity contribution in [2.45, 2.75) is 39.1 Å². The highest BCUT2D eigenvalue weighted by Crippen LogP contribution is 2.29. The summed E-state index contributed by atoms with van der Waals surface area (Å²) >= 11 is 0. The molecule has 3 atom stereocenters. The third-order valence-electron chi connectivity index (χ3n) is 3.20. The summed E-state index contributed by atoms with van der Waals surface area (Å²) in [4.78, 5) is 2.15. The van der Waals surface area contributed by atoms with E-state index in [0.717, 1.165) is 18.8 Å². The molecule has 1 fully saturated rings. The number of anilines is 1. The average Bonchev–Trinajstić information content (AvgIpc) is 2.27. The fraction of sp³-hybridized carbons (Fsp3) is 0.571. The van der Waals surface area contributed by atoms with Gasteiger partial charge in [0.05, 0.1) is 18.3 Å². The summed E-state index contributed by atoms with van der Waals surface area (Å²) in [6.45, 7) is 7.22. The number of rotatable bonds is 2. The van der Waals surface area contributed by atoms with Gasteiger partial charge in [-0.2, -0.15) is 0 Å². The largest absolute Gasteiger partial charge is 0.389 e. The maximum Gasteiger partial charge on any atom is 0.123 e. The minimum Gasteiger partial charge on any atom is -0.389 e. The first-order chi connectivity index (χ1) is 8.47. The molecular weight excluding hydrogens is 233 g/mol. The van der Waals surface area contributed by atoms with E-state index in [1.165, 1.54) is 12.1 Å². The van der Waals surface area contributed by atoms with Gasteiger partial charge in [-0.3, -0.25) is 0 Å². The molecular formula is C14H20FNO2. The molecule has 0 saturated carbocycles. The molecule has 0 bridgehead atoms. The molecule has 1 N–H and O–H groups in total. The molecule has 0 radical (unpaired) electrons. The number of benzene rings is 1. The van der Waals surface area contributed by atoms with Gasteiger partial charge in [-0.25, -0.2) is 4.39 Å². The van der Waals surface area contributed by atoms with E-state index in [9.17, 15) is 9.50 Å². The van der Waals surface area contributed by atoms with Gasteiger partial charge >= 0.3 is 0 Å². The highest BCUT2D eigenvalue weighted by atomic mass is 19.1. The second kappa shape index (κ2) is 5.24. The summed E-state index contributed by atoms with van der Waals surface area (Å²) in [6, 6.07) is 4.58. The number of ether oxygens (including phenoxy) is 1. The quantitative estimate of drug-likeness (QED) is 0.879. The molecule has 0 spiro atoms. The zero-order chi connectivity index (χ0) is 13.3. The van der Waals surface area contributed by atoms with E-state index in [2.05, 4.69) is 4.90 Å². The van der Waals surface area contributed by atoms with Crippen molar-refractivity contribution in [3.63, 3.8) is 0 Å². The van der Waals surface area contributed by atoms with E-state index in [-0.39, 0.29) is 18.0 Å². The molecule has 3 nitrogen and oxygen atoms in total. The van der Waals surface area contributed by atoms with Crippen LogP contribution in [0.25, 0.3) is 0 Å². The lowest BCUT2D eigenvalue weighted by Crippen LogP contribution is -2.45. The Bertz CT molecular complexity index is 412. The third kappa shape index (κ3) is 2.82. The number of hydrogen-bond donors (Lipinski definition) is 1. The molecule has 1 aliphatic heterocycles. The summed E-state index contributed by atoms with van der Waals surface area (Å²) in [5, 5.41) is 9.77. The Labute approximate surface area is 107 Å². The van der Waals surface area contributed by atoms with E-state index in [1.54, 1.807) is 13.0 Å². The molecule has 2 unspecified atom stereocenters. The second-order valence-corrected chi connectivity index (χ2v) is 5.04. The average molecular weight is 253 g/mol. The predicted molar refractivity (Wildman–Crippen MR) is 69.3 cm³/mol. The van der Waals surface area contributed by atoms with Crippen molar-refractivity contribution in [3.8, 4) is 0 Å². The van der Waals surface area contributed by atoms with E-state index >= 15 is 0 Å². The molecule has 1 saturated heterocycles. The van der Waals surface area contributed by atoms with E-state index in [0.29, 0.717) is 5.56 Å². The number of morpholine rings is 1. The predicted octanol–water partition coefficient (Wildman–Crippen LogP) is 2.49. The first-order valence-corrected chi connectivity index (χ1v) is 6.35. The monoisotopic (exact) mass is 253 g/mol. The molecule has 2 rings (SSSR count). The number of hydrogen-bond acceptors (Lipinski definition) is 3. The van der Waals surface area contributed by atoms with Crippen LogP contribution in [-0.4, -0.2) is 30.4 Å². The summed E-state index contributed by atoms with van der Waals surface area (Å²) in [6.07, 6.45) is -0.398. The number of aliphatic hydroxyl groups is 1. The van der Waals surface area contributed by atoms with Crippen molar-refractivity contribution in [2.75, 3.05) is 18.0 Å². The van der Waals surface area contributed by atoms with Gasteiger partial charge in [-0.05, 0) is 39.0 Å². The molecule has 1 heterocycles. The lowest BCUT2D eigenvalue weighted by Gasteiger charge is -2.38. The van der Waals surface area contributed by atoms with Crippen molar-refractivity contribution in [2.24, 2.45) is 0 Å². The zero-order valence-corrected chi connectivity index (χ0v) is 11.1. The van der Waals surface area contributed by atoms with Crippen molar-refractivity contribution in [1.29, 1.82) is 0 Å². The van der Waals surface area contributed by atoms with Gasteiger partial charge in [0.2, 0.25) is 0 Å². The van der Waals surface area contributed by atoms with Crippen molar-refractivity contribution in [3.05, 3.63) is 29.6 Å². The van der Waals surface area contributed by atoms with Crippen LogP contribution in [0.1, 0.15) is 32.4 Å². The van der Waals surface area contributed by atoms with Crippen LogP contribution in [0.15, 0.2) is 18.2 Å². The van der Waals surface area contributed by atoms with Crippen LogP contribution in [0.3, 0.4) is 0 Å². The second-order valence-electron chi connectivity index (χ2n) is 5.04. The zero-order valence-electron chi connectivity index (χ0n) is 11.1. The van der Waals surface area contributed by atoms with Crippen LogP contribution < -0.4 is 4.90 Å². The fourth-order valence-electron chi connectivity index (χ4n) is 2.52. The van der Waals surface area contributed by atoms with Crippen LogP contribution in [-0.2, 0) is 4.74 Å². The fourth-order valence-corrected chi connectivity index (χ4v) is 2.52. The molecule has 1 aromatic rings. The lowest BCUT2D eigenvalue weighted by molar-refractivity contribution is -0.00538. The number of halogens is 1. The number of nitrogens with zero attached hydrogens (tertiary/aromatic N) is 1. The normalized spacial score (nSPS) is 26.2. The Morgan fingerprint density at radius 3 is 2.50 bits per heavy atom. The lowest BCUT2D eigenvalue weighted by atomic mass is 10.1. The van der Waals surface area contributed by atoms with E-state index in [1.807, 2.05) is 13.8 Å². The van der Waals surface area contributed by atoms with Gasteiger partial charge in [-0.1, -0.05) is 0 Å². The van der Waals surface area contributed by atoms with Crippen LogP contribution in [0.2, 0.25) is 0 Å². The van der Waals surface area contributed by atoms with Crippen molar-refractivity contribution >= 4 is 5.69 Å². The third-order valence-corrected chi connectivity index (χ3v) is 3.20. The molecule has 1 aliphatic rings. The Morgan fingerprint density at radius 1 is 1.33 bits per heavy atom. The standard InChI is InChI=1S/C14H20FNO2/c1-9-7-16(8-10(2)18-9)14-5-4-12(15)6-13(14)11(3)17/h4-6,9-11,17H,7-8H2,1-3H3/t9?,10?,11-/m1/s1. The van der Waals surface area contributed by atoms with Gasteiger partial charge in [0.15, 0.2) is 0 Å². The molecule has 4 heteroatoms. The van der Waals surface area contributed by atoms with Crippen molar-refractivity contribution < 1.29 is 14.2 Å². The molecule has 0 amide bonds. The van der Waals surface area contributed by atoms with Crippen LogP contribution in [0.5, 0.6) is 0 Å².